The molecule has 0 aromatic heterocycles. The van der Waals surface area contributed by atoms with Gasteiger partial charge in [-0.25, -0.2) is 9.18 Å². The molecule has 0 aliphatic carbocycles. The van der Waals surface area contributed by atoms with Crippen molar-refractivity contribution in [1.29, 1.82) is 0 Å². The monoisotopic (exact) mass is 314 g/mol. The SMILES string of the molecule is CCOC(=O)N1CCC(NCc2cc(Cl)ccc2F)CC1. The number of rotatable bonds is 4. The summed E-state index contributed by atoms with van der Waals surface area (Å²) in [4.78, 5) is 13.3. The fourth-order valence-electron chi connectivity index (χ4n) is 2.41. The van der Waals surface area contributed by atoms with E-state index < -0.39 is 0 Å². The van der Waals surface area contributed by atoms with Gasteiger partial charge in [0.1, 0.15) is 5.82 Å². The van der Waals surface area contributed by atoms with Crippen molar-refractivity contribution in [3.63, 3.8) is 0 Å². The second-order valence-corrected chi connectivity index (χ2v) is 5.51. The van der Waals surface area contributed by atoms with E-state index >= 15 is 0 Å². The van der Waals surface area contributed by atoms with Crippen LogP contribution < -0.4 is 5.32 Å². The zero-order chi connectivity index (χ0) is 15.2. The predicted octanol–water partition coefficient (Wildman–Crippen LogP) is 3.19. The van der Waals surface area contributed by atoms with Gasteiger partial charge in [-0.2, -0.15) is 0 Å². The number of nitrogens with zero attached hydrogens (tertiary/aromatic N) is 1. The van der Waals surface area contributed by atoms with Crippen molar-refractivity contribution in [2.75, 3.05) is 19.7 Å². The Morgan fingerprint density at radius 2 is 2.19 bits per heavy atom. The molecule has 4 nitrogen and oxygen atoms in total. The van der Waals surface area contributed by atoms with Gasteiger partial charge < -0.3 is 15.0 Å². The van der Waals surface area contributed by atoms with Gasteiger partial charge >= 0.3 is 6.09 Å². The highest BCUT2D eigenvalue weighted by atomic mass is 35.5. The van der Waals surface area contributed by atoms with Crippen LogP contribution in [0.3, 0.4) is 0 Å². The first-order valence-corrected chi connectivity index (χ1v) is 7.57. The minimum absolute atomic E-state index is 0.253. The van der Waals surface area contributed by atoms with Gasteiger partial charge in [-0.05, 0) is 38.0 Å². The van der Waals surface area contributed by atoms with Crippen LogP contribution in [0.5, 0.6) is 0 Å². The molecule has 1 aromatic carbocycles. The zero-order valence-corrected chi connectivity index (χ0v) is 12.8. The number of ether oxygens (including phenoxy) is 1. The van der Waals surface area contributed by atoms with Gasteiger partial charge in [0.05, 0.1) is 6.61 Å². The Morgan fingerprint density at radius 3 is 2.86 bits per heavy atom. The summed E-state index contributed by atoms with van der Waals surface area (Å²) in [5.74, 6) is -0.254. The summed E-state index contributed by atoms with van der Waals surface area (Å²) in [5.41, 5.74) is 0.565. The number of amides is 1. The Bertz CT molecular complexity index is 491. The molecular formula is C15H20ClFN2O2. The second kappa shape index (κ2) is 7.61. The van der Waals surface area contributed by atoms with Crippen LogP contribution >= 0.6 is 11.6 Å². The minimum atomic E-state index is -0.254. The molecule has 0 bridgehead atoms. The van der Waals surface area contributed by atoms with E-state index in [9.17, 15) is 9.18 Å². The average Bonchev–Trinajstić information content (AvgIpc) is 2.49. The van der Waals surface area contributed by atoms with Crippen LogP contribution in [0.15, 0.2) is 18.2 Å². The molecule has 1 heterocycles. The lowest BCUT2D eigenvalue weighted by atomic mass is 10.0. The van der Waals surface area contributed by atoms with Crippen LogP contribution in [0.1, 0.15) is 25.3 Å². The van der Waals surface area contributed by atoms with E-state index in [1.54, 1.807) is 17.9 Å². The molecule has 1 aliphatic heterocycles. The number of nitrogens with one attached hydrogen (secondary N) is 1. The van der Waals surface area contributed by atoms with E-state index in [-0.39, 0.29) is 18.0 Å². The third kappa shape index (κ3) is 4.58. The number of halogens is 2. The van der Waals surface area contributed by atoms with Crippen molar-refractivity contribution in [3.8, 4) is 0 Å². The maximum absolute atomic E-state index is 13.6. The van der Waals surface area contributed by atoms with E-state index in [1.807, 2.05) is 0 Å². The van der Waals surface area contributed by atoms with E-state index in [0.717, 1.165) is 12.8 Å². The van der Waals surface area contributed by atoms with Gasteiger partial charge in [0.2, 0.25) is 0 Å². The molecule has 0 radical (unpaired) electrons. The molecule has 1 N–H and O–H groups in total. The van der Waals surface area contributed by atoms with Crippen molar-refractivity contribution in [3.05, 3.63) is 34.6 Å². The summed E-state index contributed by atoms with van der Waals surface area (Å²) in [6.07, 6.45) is 1.42. The summed E-state index contributed by atoms with van der Waals surface area (Å²) in [7, 11) is 0. The predicted molar refractivity (Wildman–Crippen MR) is 79.9 cm³/mol. The molecule has 1 fully saturated rings. The molecule has 116 valence electrons. The Hall–Kier alpha value is -1.33. The Balaban J connectivity index is 1.79. The summed E-state index contributed by atoms with van der Waals surface area (Å²) in [6.45, 7) is 3.95. The molecule has 1 saturated heterocycles. The van der Waals surface area contributed by atoms with E-state index in [0.29, 0.717) is 36.8 Å². The Morgan fingerprint density at radius 1 is 1.48 bits per heavy atom. The van der Waals surface area contributed by atoms with Crippen LogP contribution in [-0.4, -0.2) is 36.7 Å². The topological polar surface area (TPSA) is 41.6 Å². The first-order valence-electron chi connectivity index (χ1n) is 7.19. The fourth-order valence-corrected chi connectivity index (χ4v) is 2.61. The lowest BCUT2D eigenvalue weighted by Crippen LogP contribution is -2.45. The van der Waals surface area contributed by atoms with Crippen LogP contribution in [0.2, 0.25) is 5.02 Å². The van der Waals surface area contributed by atoms with Crippen molar-refractivity contribution >= 4 is 17.7 Å². The average molecular weight is 315 g/mol. The molecule has 1 aliphatic rings. The molecule has 1 aromatic rings. The van der Waals surface area contributed by atoms with E-state index in [2.05, 4.69) is 5.32 Å². The maximum atomic E-state index is 13.6. The van der Waals surface area contributed by atoms with Crippen LogP contribution in [0, 0.1) is 5.82 Å². The lowest BCUT2D eigenvalue weighted by Gasteiger charge is -2.31. The highest BCUT2D eigenvalue weighted by Crippen LogP contribution is 2.16. The van der Waals surface area contributed by atoms with Crippen molar-refractivity contribution in [1.82, 2.24) is 10.2 Å². The van der Waals surface area contributed by atoms with Gasteiger partial charge in [-0.15, -0.1) is 0 Å². The second-order valence-electron chi connectivity index (χ2n) is 5.08. The van der Waals surface area contributed by atoms with Gasteiger partial charge in [0.15, 0.2) is 0 Å². The third-order valence-corrected chi connectivity index (χ3v) is 3.85. The molecule has 0 saturated carbocycles. The minimum Gasteiger partial charge on any atom is -0.450 e. The number of carbonyl (C=O) groups excluding carboxylic acids is 1. The fraction of sp³-hybridized carbons (Fsp3) is 0.533. The van der Waals surface area contributed by atoms with Crippen LogP contribution in [0.25, 0.3) is 0 Å². The highest BCUT2D eigenvalue weighted by molar-refractivity contribution is 6.30. The summed E-state index contributed by atoms with van der Waals surface area (Å²) in [5, 5.41) is 3.85. The first-order chi connectivity index (χ1) is 10.1. The molecule has 1 amide bonds. The van der Waals surface area contributed by atoms with Crippen LogP contribution in [0.4, 0.5) is 9.18 Å². The molecule has 2 rings (SSSR count). The Kier molecular flexibility index (Phi) is 5.82. The van der Waals surface area contributed by atoms with Crippen LogP contribution in [-0.2, 0) is 11.3 Å². The number of benzene rings is 1. The van der Waals surface area contributed by atoms with Crippen molar-refractivity contribution < 1.29 is 13.9 Å². The van der Waals surface area contributed by atoms with Gasteiger partial charge in [0.25, 0.3) is 0 Å². The normalized spacial score (nSPS) is 16.0. The molecule has 0 atom stereocenters. The molecule has 0 spiro atoms. The quantitative estimate of drug-likeness (QED) is 0.928. The number of hydrogen-bond donors (Lipinski definition) is 1. The number of likely N-dealkylation sites (tertiary alicyclic amines) is 1. The van der Waals surface area contributed by atoms with Crippen molar-refractivity contribution in [2.45, 2.75) is 32.4 Å². The third-order valence-electron chi connectivity index (χ3n) is 3.61. The molecular weight excluding hydrogens is 295 g/mol. The zero-order valence-electron chi connectivity index (χ0n) is 12.1. The lowest BCUT2D eigenvalue weighted by molar-refractivity contribution is 0.0950. The number of hydrogen-bond acceptors (Lipinski definition) is 3. The molecule has 0 unspecified atom stereocenters. The Labute approximate surface area is 129 Å². The number of carbonyl (C=O) groups is 1. The summed E-state index contributed by atoms with van der Waals surface area (Å²) < 4.78 is 18.6. The molecule has 6 heteroatoms. The van der Waals surface area contributed by atoms with Gasteiger partial charge in [-0.1, -0.05) is 11.6 Å². The van der Waals surface area contributed by atoms with E-state index in [1.165, 1.54) is 12.1 Å². The van der Waals surface area contributed by atoms with Gasteiger partial charge in [0, 0.05) is 36.3 Å². The largest absolute Gasteiger partial charge is 0.450 e. The summed E-state index contributed by atoms with van der Waals surface area (Å²) in [6, 6.07) is 4.83. The standard InChI is InChI=1S/C15H20ClFN2O2/c1-2-21-15(20)19-7-5-13(6-8-19)18-10-11-9-12(16)3-4-14(11)17/h3-4,9,13,18H,2,5-8,10H2,1H3. The first kappa shape index (κ1) is 16.0. The van der Waals surface area contributed by atoms with Gasteiger partial charge in [-0.3, -0.25) is 0 Å². The number of piperidine rings is 1. The highest BCUT2D eigenvalue weighted by Gasteiger charge is 2.23. The smallest absolute Gasteiger partial charge is 0.409 e. The maximum Gasteiger partial charge on any atom is 0.409 e. The summed E-state index contributed by atoms with van der Waals surface area (Å²) >= 11 is 5.87. The van der Waals surface area contributed by atoms with Crippen molar-refractivity contribution in [2.24, 2.45) is 0 Å². The van der Waals surface area contributed by atoms with E-state index in [4.69, 9.17) is 16.3 Å². The molecule has 21 heavy (non-hydrogen) atoms.